The van der Waals surface area contributed by atoms with Crippen molar-refractivity contribution in [2.75, 3.05) is 33.4 Å². The highest BCUT2D eigenvalue weighted by Crippen LogP contribution is 2.42. The number of aromatic nitrogens is 2. The van der Waals surface area contributed by atoms with Crippen LogP contribution < -0.4 is 20.7 Å². The molecule has 4 heterocycles. The number of hydrogen-bond donors (Lipinski definition) is 1. The van der Waals surface area contributed by atoms with Gasteiger partial charge in [0.2, 0.25) is 0 Å². The zero-order valence-electron chi connectivity index (χ0n) is 18.8. The van der Waals surface area contributed by atoms with E-state index in [1.165, 1.54) is 21.5 Å². The van der Waals surface area contributed by atoms with E-state index in [0.29, 0.717) is 35.2 Å². The summed E-state index contributed by atoms with van der Waals surface area (Å²) in [4.78, 5) is 31.1. The van der Waals surface area contributed by atoms with Crippen LogP contribution in [0.1, 0.15) is 17.9 Å². The minimum Gasteiger partial charge on any atom is -0.497 e. The Morgan fingerprint density at radius 2 is 2.00 bits per heavy atom. The van der Waals surface area contributed by atoms with Crippen molar-refractivity contribution in [1.82, 2.24) is 14.5 Å². The lowest BCUT2D eigenvalue weighted by Crippen LogP contribution is -2.35. The summed E-state index contributed by atoms with van der Waals surface area (Å²) in [5, 5.41) is 0.929. The van der Waals surface area contributed by atoms with Gasteiger partial charge < -0.3 is 19.4 Å². The summed E-state index contributed by atoms with van der Waals surface area (Å²) in [6, 6.07) is 13.9. The molecule has 1 fully saturated rings. The van der Waals surface area contributed by atoms with Crippen molar-refractivity contribution < 1.29 is 9.47 Å². The van der Waals surface area contributed by atoms with E-state index >= 15 is 0 Å². The zero-order chi connectivity index (χ0) is 22.5. The number of aromatic amines is 1. The second kappa shape index (κ2) is 9.09. The first-order chi connectivity index (χ1) is 16.1. The molecule has 0 unspecified atom stereocenters. The highest BCUT2D eigenvalue weighted by Gasteiger charge is 2.38. The third-order valence-corrected chi connectivity index (χ3v) is 8.12. The lowest BCUT2D eigenvalue weighted by molar-refractivity contribution is 0.211. The van der Waals surface area contributed by atoms with Crippen molar-refractivity contribution in [3.8, 4) is 11.5 Å². The summed E-state index contributed by atoms with van der Waals surface area (Å²) < 4.78 is 14.3. The van der Waals surface area contributed by atoms with Gasteiger partial charge in [-0.25, -0.2) is 4.79 Å². The molecule has 1 N–H and O–H groups in total. The van der Waals surface area contributed by atoms with Crippen molar-refractivity contribution >= 4 is 44.0 Å². The molecule has 2 aliphatic heterocycles. The summed E-state index contributed by atoms with van der Waals surface area (Å²) >= 11 is 1.44. The molecule has 0 aliphatic carbocycles. The lowest BCUT2D eigenvalue weighted by Gasteiger charge is -2.28. The standard InChI is InChI=1S/C25H25N3O4S.ClH/c1-31-16-7-8-17-19-13-27(12-15(19)14-32-20(17)11-16)9-4-10-28-24(29)23-22(26-25(28)30)18-5-2-3-6-21(18)33-23;/h2-3,5-8,11,15,19H,4,9-10,12-14H2,1H3,(H,26,30);1H/t15-,19-;/m1./s1. The van der Waals surface area contributed by atoms with Crippen LogP contribution in [0.5, 0.6) is 11.5 Å². The van der Waals surface area contributed by atoms with Gasteiger partial charge in [-0.1, -0.05) is 24.3 Å². The Kier molecular flexibility index (Phi) is 6.14. The summed E-state index contributed by atoms with van der Waals surface area (Å²) in [5.41, 5.74) is 1.38. The molecule has 0 saturated carbocycles. The fourth-order valence-corrected chi connectivity index (χ4v) is 6.41. The molecule has 34 heavy (non-hydrogen) atoms. The predicted octanol–water partition coefficient (Wildman–Crippen LogP) is 3.83. The van der Waals surface area contributed by atoms with Crippen molar-refractivity contribution in [1.29, 1.82) is 0 Å². The minimum atomic E-state index is -0.331. The van der Waals surface area contributed by atoms with Crippen LogP contribution in [0.3, 0.4) is 0 Å². The smallest absolute Gasteiger partial charge is 0.328 e. The summed E-state index contributed by atoms with van der Waals surface area (Å²) in [5.74, 6) is 2.65. The monoisotopic (exact) mass is 499 g/mol. The van der Waals surface area contributed by atoms with Gasteiger partial charge in [0.05, 0.1) is 19.2 Å². The Balaban J connectivity index is 0.00000241. The number of rotatable bonds is 5. The van der Waals surface area contributed by atoms with Gasteiger partial charge in [0.25, 0.3) is 5.56 Å². The highest BCUT2D eigenvalue weighted by molar-refractivity contribution is 7.25. The number of fused-ring (bicyclic) bond motifs is 6. The quantitative estimate of drug-likeness (QED) is 0.451. The molecule has 7 nitrogen and oxygen atoms in total. The van der Waals surface area contributed by atoms with Gasteiger partial charge >= 0.3 is 5.69 Å². The van der Waals surface area contributed by atoms with Gasteiger partial charge in [0.15, 0.2) is 0 Å². The van der Waals surface area contributed by atoms with Gasteiger partial charge in [-0.3, -0.25) is 9.36 Å². The van der Waals surface area contributed by atoms with Gasteiger partial charge in [-0.15, -0.1) is 23.7 Å². The molecule has 178 valence electrons. The number of likely N-dealkylation sites (tertiary alicyclic amines) is 1. The SMILES string of the molecule is COc1ccc2c(c1)OC[C@H]1CN(CCCn3c(=O)[nH]c4c(sc5ccccc54)c3=O)C[C@@H]21.Cl. The first-order valence-electron chi connectivity index (χ1n) is 11.3. The number of hydrogen-bond acceptors (Lipinski definition) is 6. The molecule has 1 saturated heterocycles. The number of H-pyrrole nitrogens is 1. The van der Waals surface area contributed by atoms with E-state index in [1.807, 2.05) is 36.4 Å². The number of nitrogens with one attached hydrogen (secondary N) is 1. The molecule has 9 heteroatoms. The van der Waals surface area contributed by atoms with E-state index in [1.54, 1.807) is 7.11 Å². The molecule has 2 aliphatic rings. The normalized spacial score (nSPS) is 19.4. The largest absolute Gasteiger partial charge is 0.497 e. The Morgan fingerprint density at radius 3 is 2.85 bits per heavy atom. The van der Waals surface area contributed by atoms with Crippen molar-refractivity contribution in [3.05, 3.63) is 68.9 Å². The van der Waals surface area contributed by atoms with Crippen LogP contribution in [0.25, 0.3) is 20.3 Å². The van der Waals surface area contributed by atoms with Crippen LogP contribution in [-0.2, 0) is 6.54 Å². The van der Waals surface area contributed by atoms with Crippen LogP contribution in [0, 0.1) is 5.92 Å². The maximum absolute atomic E-state index is 13.1. The predicted molar refractivity (Wildman–Crippen MR) is 137 cm³/mol. The first kappa shape index (κ1) is 23.0. The topological polar surface area (TPSA) is 76.6 Å². The molecule has 0 amide bonds. The summed E-state index contributed by atoms with van der Waals surface area (Å²) in [6.45, 7) is 3.90. The molecule has 0 spiro atoms. The van der Waals surface area contributed by atoms with Crippen molar-refractivity contribution in [2.45, 2.75) is 18.9 Å². The molecule has 2 aromatic heterocycles. The lowest BCUT2D eigenvalue weighted by atomic mass is 9.87. The number of ether oxygens (including phenoxy) is 2. The van der Waals surface area contributed by atoms with E-state index in [0.717, 1.165) is 47.6 Å². The molecule has 2 atom stereocenters. The number of halogens is 1. The molecule has 0 radical (unpaired) electrons. The minimum absolute atomic E-state index is 0. The van der Waals surface area contributed by atoms with Crippen LogP contribution >= 0.6 is 23.7 Å². The van der Waals surface area contributed by atoms with Crippen molar-refractivity contribution in [2.24, 2.45) is 5.92 Å². The molecule has 0 bridgehead atoms. The van der Waals surface area contributed by atoms with E-state index in [-0.39, 0.29) is 23.7 Å². The average Bonchev–Trinajstić information content (AvgIpc) is 3.42. The van der Waals surface area contributed by atoms with Gasteiger partial charge in [-0.05, 0) is 30.7 Å². The fourth-order valence-electron chi connectivity index (χ4n) is 5.30. The van der Waals surface area contributed by atoms with Crippen LogP contribution in [0.2, 0.25) is 0 Å². The van der Waals surface area contributed by atoms with Crippen LogP contribution in [0.15, 0.2) is 52.1 Å². The Bertz CT molecular complexity index is 1480. The van der Waals surface area contributed by atoms with E-state index in [4.69, 9.17) is 9.47 Å². The van der Waals surface area contributed by atoms with Gasteiger partial charge in [0.1, 0.15) is 16.2 Å². The molecular weight excluding hydrogens is 474 g/mol. The van der Waals surface area contributed by atoms with E-state index in [9.17, 15) is 9.59 Å². The zero-order valence-corrected chi connectivity index (χ0v) is 20.4. The Labute approximate surface area is 206 Å². The third-order valence-electron chi connectivity index (χ3n) is 6.96. The Hall–Kier alpha value is -2.81. The maximum Gasteiger partial charge on any atom is 0.328 e. The molecule has 2 aromatic carbocycles. The number of nitrogens with zero attached hydrogens (tertiary/aromatic N) is 2. The molecular formula is C25H26ClN3O4S. The Morgan fingerprint density at radius 1 is 1.15 bits per heavy atom. The van der Waals surface area contributed by atoms with E-state index in [2.05, 4.69) is 16.0 Å². The second-order valence-corrected chi connectivity index (χ2v) is 9.94. The summed E-state index contributed by atoms with van der Waals surface area (Å²) in [7, 11) is 1.67. The fraction of sp³-hybridized carbons (Fsp3) is 0.360. The highest BCUT2D eigenvalue weighted by atomic mass is 35.5. The summed E-state index contributed by atoms with van der Waals surface area (Å²) in [6.07, 6.45) is 0.745. The first-order valence-corrected chi connectivity index (χ1v) is 12.1. The average molecular weight is 500 g/mol. The molecule has 6 rings (SSSR count). The van der Waals surface area contributed by atoms with Crippen molar-refractivity contribution in [3.63, 3.8) is 0 Å². The van der Waals surface area contributed by atoms with Gasteiger partial charge in [0, 0.05) is 47.6 Å². The molecule has 4 aromatic rings. The third kappa shape index (κ3) is 3.79. The van der Waals surface area contributed by atoms with Crippen LogP contribution in [-0.4, -0.2) is 47.8 Å². The number of methoxy groups -OCH3 is 1. The van der Waals surface area contributed by atoms with E-state index < -0.39 is 0 Å². The van der Waals surface area contributed by atoms with Gasteiger partial charge in [-0.2, -0.15) is 0 Å². The number of benzene rings is 2. The van der Waals surface area contributed by atoms with Crippen LogP contribution in [0.4, 0.5) is 0 Å². The second-order valence-electron chi connectivity index (χ2n) is 8.88. The number of thiophene rings is 1. The maximum atomic E-state index is 13.1.